The Morgan fingerprint density at radius 1 is 1.13 bits per heavy atom. The highest BCUT2D eigenvalue weighted by Crippen LogP contribution is 2.32. The van der Waals surface area contributed by atoms with Gasteiger partial charge in [0.1, 0.15) is 5.82 Å². The van der Waals surface area contributed by atoms with Crippen molar-refractivity contribution < 1.29 is 0 Å². The van der Waals surface area contributed by atoms with Gasteiger partial charge >= 0.3 is 0 Å². The topological polar surface area (TPSA) is 53.9 Å². The summed E-state index contributed by atoms with van der Waals surface area (Å²) >= 11 is 12.1. The summed E-state index contributed by atoms with van der Waals surface area (Å²) in [4.78, 5) is 17.0. The number of aromatic nitrogens is 3. The minimum atomic E-state index is 0.250. The van der Waals surface area contributed by atoms with E-state index in [9.17, 15) is 0 Å². The molecule has 1 N–H and O–H groups in total. The number of H-pyrrole nitrogens is 1. The highest BCUT2D eigenvalue weighted by Gasteiger charge is 2.20. The zero-order valence-corrected chi connectivity index (χ0v) is 14.0. The van der Waals surface area contributed by atoms with Crippen molar-refractivity contribution in [3.8, 4) is 11.3 Å². The Hall–Kier alpha value is -1.91. The van der Waals surface area contributed by atoms with Crippen molar-refractivity contribution in [2.75, 3.05) is 6.54 Å². The molecule has 116 valence electrons. The molecule has 0 amide bonds. The third kappa shape index (κ3) is 2.62. The predicted molar refractivity (Wildman–Crippen MR) is 94.8 cm³/mol. The van der Waals surface area contributed by atoms with Gasteiger partial charge in [-0.15, -0.1) is 0 Å². The highest BCUT2D eigenvalue weighted by atomic mass is 35.5. The molecule has 0 aliphatic carbocycles. The van der Waals surface area contributed by atoms with E-state index in [0.29, 0.717) is 10.0 Å². The standard InChI is InChI=1S/C17H14Cl2N4/c1-9-21-15-7-14(10-2-3-12(18)13(19)6-10)23-17(15)16(22-9)11-4-5-20-8-11/h2-3,6-8,11,23H,4-5H2,1H3. The molecule has 0 bridgehead atoms. The van der Waals surface area contributed by atoms with Gasteiger partial charge in [0.05, 0.1) is 26.8 Å². The Kier molecular flexibility index (Phi) is 3.58. The monoisotopic (exact) mass is 344 g/mol. The Labute approximate surface area is 143 Å². The molecule has 1 aliphatic heterocycles. The normalized spacial score (nSPS) is 17.3. The molecule has 23 heavy (non-hydrogen) atoms. The molecule has 2 aromatic heterocycles. The lowest BCUT2D eigenvalue weighted by molar-refractivity contribution is 0.814. The fraction of sp³-hybridized carbons (Fsp3) is 0.235. The lowest BCUT2D eigenvalue weighted by Crippen LogP contribution is -2.03. The van der Waals surface area contributed by atoms with Gasteiger partial charge in [-0.25, -0.2) is 9.97 Å². The van der Waals surface area contributed by atoms with Gasteiger partial charge in [0.25, 0.3) is 0 Å². The molecule has 1 atom stereocenters. The van der Waals surface area contributed by atoms with E-state index in [4.69, 9.17) is 23.2 Å². The summed E-state index contributed by atoms with van der Waals surface area (Å²) in [6.07, 6.45) is 2.98. The average molecular weight is 345 g/mol. The highest BCUT2D eigenvalue weighted by molar-refractivity contribution is 6.42. The number of aromatic amines is 1. The molecular formula is C17H14Cl2N4. The van der Waals surface area contributed by atoms with Gasteiger partial charge in [0, 0.05) is 24.4 Å². The van der Waals surface area contributed by atoms with Crippen LogP contribution in [0.3, 0.4) is 0 Å². The van der Waals surface area contributed by atoms with Crippen LogP contribution < -0.4 is 0 Å². The summed E-state index contributed by atoms with van der Waals surface area (Å²) in [6, 6.07) is 7.62. The van der Waals surface area contributed by atoms with Gasteiger partial charge in [-0.1, -0.05) is 29.3 Å². The zero-order chi connectivity index (χ0) is 16.0. The second-order valence-electron chi connectivity index (χ2n) is 5.68. The van der Waals surface area contributed by atoms with E-state index < -0.39 is 0 Å². The number of fused-ring (bicyclic) bond motifs is 1. The second-order valence-corrected chi connectivity index (χ2v) is 6.49. The number of benzene rings is 1. The average Bonchev–Trinajstić information content (AvgIpc) is 3.18. The summed E-state index contributed by atoms with van der Waals surface area (Å²) in [7, 11) is 0. The summed E-state index contributed by atoms with van der Waals surface area (Å²) in [5, 5.41) is 1.08. The summed E-state index contributed by atoms with van der Waals surface area (Å²) in [5.41, 5.74) is 4.82. The maximum Gasteiger partial charge on any atom is 0.126 e. The number of hydrogen-bond acceptors (Lipinski definition) is 3. The number of nitrogens with zero attached hydrogens (tertiary/aromatic N) is 3. The molecular weight excluding hydrogens is 331 g/mol. The van der Waals surface area contributed by atoms with Crippen molar-refractivity contribution in [2.24, 2.45) is 4.99 Å². The van der Waals surface area contributed by atoms with Crippen LogP contribution in [0.4, 0.5) is 0 Å². The Balaban J connectivity index is 1.88. The predicted octanol–water partition coefficient (Wildman–Crippen LogP) is 4.80. The van der Waals surface area contributed by atoms with Crippen LogP contribution in [0.5, 0.6) is 0 Å². The number of aryl methyl sites for hydroxylation is 1. The molecule has 4 nitrogen and oxygen atoms in total. The summed E-state index contributed by atoms with van der Waals surface area (Å²) < 4.78 is 0. The van der Waals surface area contributed by atoms with Gasteiger partial charge in [-0.05, 0) is 37.1 Å². The molecule has 3 aromatic rings. The maximum absolute atomic E-state index is 6.13. The first-order chi connectivity index (χ1) is 11.1. The molecule has 0 radical (unpaired) electrons. The van der Waals surface area contributed by atoms with Crippen molar-refractivity contribution in [3.63, 3.8) is 0 Å². The smallest absolute Gasteiger partial charge is 0.126 e. The van der Waals surface area contributed by atoms with Gasteiger partial charge < -0.3 is 4.98 Å². The van der Waals surface area contributed by atoms with Crippen LogP contribution in [0.2, 0.25) is 10.0 Å². The van der Waals surface area contributed by atoms with Crippen LogP contribution >= 0.6 is 23.2 Å². The van der Waals surface area contributed by atoms with Crippen molar-refractivity contribution in [1.29, 1.82) is 0 Å². The maximum atomic E-state index is 6.13. The van der Waals surface area contributed by atoms with Crippen LogP contribution in [-0.4, -0.2) is 27.7 Å². The summed E-state index contributed by atoms with van der Waals surface area (Å²) in [5.74, 6) is 1.02. The number of hydrogen-bond donors (Lipinski definition) is 1. The molecule has 1 aliphatic rings. The molecule has 0 saturated carbocycles. The fourth-order valence-corrected chi connectivity index (χ4v) is 3.24. The molecule has 0 spiro atoms. The molecule has 0 saturated heterocycles. The summed E-state index contributed by atoms with van der Waals surface area (Å²) in [6.45, 7) is 2.77. The minimum absolute atomic E-state index is 0.250. The number of nitrogens with one attached hydrogen (secondary N) is 1. The minimum Gasteiger partial charge on any atom is -0.352 e. The van der Waals surface area contributed by atoms with Crippen LogP contribution in [0, 0.1) is 6.92 Å². The van der Waals surface area contributed by atoms with E-state index in [1.165, 1.54) is 0 Å². The Morgan fingerprint density at radius 2 is 2.00 bits per heavy atom. The molecule has 1 aromatic carbocycles. The molecule has 3 heterocycles. The third-order valence-corrected chi connectivity index (χ3v) is 4.79. The molecule has 4 rings (SSSR count). The molecule has 0 fully saturated rings. The zero-order valence-electron chi connectivity index (χ0n) is 12.5. The number of rotatable bonds is 2. The van der Waals surface area contributed by atoms with Crippen LogP contribution in [0.25, 0.3) is 22.3 Å². The lowest BCUT2D eigenvalue weighted by atomic mass is 10.0. The van der Waals surface area contributed by atoms with E-state index in [-0.39, 0.29) is 5.92 Å². The van der Waals surface area contributed by atoms with E-state index in [2.05, 4.69) is 19.9 Å². The van der Waals surface area contributed by atoms with E-state index >= 15 is 0 Å². The quantitative estimate of drug-likeness (QED) is 0.725. The third-order valence-electron chi connectivity index (χ3n) is 4.05. The van der Waals surface area contributed by atoms with Gasteiger partial charge in [0.15, 0.2) is 0 Å². The molecule has 1 unspecified atom stereocenters. The first kappa shape index (κ1) is 14.7. The SMILES string of the molecule is Cc1nc(C2C=NCC2)c2[nH]c(-c3ccc(Cl)c(Cl)c3)cc2n1. The van der Waals surface area contributed by atoms with Crippen LogP contribution in [-0.2, 0) is 0 Å². The van der Waals surface area contributed by atoms with E-state index in [1.807, 2.05) is 31.3 Å². The van der Waals surface area contributed by atoms with Gasteiger partial charge in [0.2, 0.25) is 0 Å². The van der Waals surface area contributed by atoms with E-state index in [0.717, 1.165) is 46.8 Å². The largest absolute Gasteiger partial charge is 0.352 e. The number of aliphatic imine (C=N–C) groups is 1. The van der Waals surface area contributed by atoms with Crippen LogP contribution in [0.1, 0.15) is 23.9 Å². The Morgan fingerprint density at radius 3 is 2.74 bits per heavy atom. The number of halogens is 2. The second kappa shape index (κ2) is 5.62. The van der Waals surface area contributed by atoms with Gasteiger partial charge in [-0.3, -0.25) is 4.99 Å². The van der Waals surface area contributed by atoms with Crippen molar-refractivity contribution in [1.82, 2.24) is 15.0 Å². The first-order valence-corrected chi connectivity index (χ1v) is 8.20. The van der Waals surface area contributed by atoms with Crippen molar-refractivity contribution >= 4 is 40.4 Å². The lowest BCUT2D eigenvalue weighted by Gasteiger charge is -2.08. The Bertz CT molecular complexity index is 930. The van der Waals surface area contributed by atoms with Crippen molar-refractivity contribution in [2.45, 2.75) is 19.3 Å². The first-order valence-electron chi connectivity index (χ1n) is 7.44. The fourth-order valence-electron chi connectivity index (χ4n) is 2.94. The molecule has 6 heteroatoms. The van der Waals surface area contributed by atoms with Crippen LogP contribution in [0.15, 0.2) is 29.3 Å². The van der Waals surface area contributed by atoms with Crippen molar-refractivity contribution in [3.05, 3.63) is 45.8 Å². The van der Waals surface area contributed by atoms with Gasteiger partial charge in [-0.2, -0.15) is 0 Å². The van der Waals surface area contributed by atoms with E-state index in [1.54, 1.807) is 6.07 Å².